The Morgan fingerprint density at radius 3 is 2.75 bits per heavy atom. The zero-order chi connectivity index (χ0) is 19.5. The van der Waals surface area contributed by atoms with E-state index in [1.807, 2.05) is 12.3 Å². The minimum absolute atomic E-state index is 0.115. The average Bonchev–Trinajstić information content (AvgIpc) is 3.09. The van der Waals surface area contributed by atoms with Crippen LogP contribution in [0.5, 0.6) is 0 Å². The minimum atomic E-state index is 0.115. The van der Waals surface area contributed by atoms with Crippen molar-refractivity contribution >= 4 is 5.91 Å². The van der Waals surface area contributed by atoms with Gasteiger partial charge in [0.15, 0.2) is 0 Å². The van der Waals surface area contributed by atoms with Gasteiger partial charge in [-0.15, -0.1) is 0 Å². The topological polar surface area (TPSA) is 36.4 Å². The molecule has 3 heterocycles. The van der Waals surface area contributed by atoms with Crippen molar-refractivity contribution in [2.45, 2.75) is 39.8 Å². The van der Waals surface area contributed by atoms with Crippen molar-refractivity contribution in [2.75, 3.05) is 19.6 Å². The second-order valence-electron chi connectivity index (χ2n) is 8.79. The van der Waals surface area contributed by atoms with Gasteiger partial charge in [-0.1, -0.05) is 50.2 Å². The van der Waals surface area contributed by atoms with E-state index in [1.165, 1.54) is 11.1 Å². The minimum Gasteiger partial charge on any atom is -0.338 e. The van der Waals surface area contributed by atoms with Crippen LogP contribution in [0.2, 0.25) is 0 Å². The number of fused-ring (bicyclic) bond motifs is 1. The largest absolute Gasteiger partial charge is 0.338 e. The third-order valence-electron chi connectivity index (χ3n) is 6.13. The number of hydrogen-bond acceptors (Lipinski definition) is 3. The van der Waals surface area contributed by atoms with Crippen LogP contribution in [0.1, 0.15) is 37.1 Å². The molecule has 1 fully saturated rings. The second-order valence-corrected chi connectivity index (χ2v) is 8.79. The maximum absolute atomic E-state index is 13.5. The van der Waals surface area contributed by atoms with Gasteiger partial charge < -0.3 is 4.90 Å². The Balaban J connectivity index is 1.47. The van der Waals surface area contributed by atoms with Crippen molar-refractivity contribution < 1.29 is 4.79 Å². The highest BCUT2D eigenvalue weighted by Crippen LogP contribution is 2.32. The first kappa shape index (κ1) is 19.1. The number of benzene rings is 1. The maximum atomic E-state index is 13.5. The molecule has 2 aliphatic rings. The van der Waals surface area contributed by atoms with Crippen molar-refractivity contribution in [1.29, 1.82) is 0 Å². The quantitative estimate of drug-likeness (QED) is 0.796. The lowest BCUT2D eigenvalue weighted by Gasteiger charge is -2.32. The molecule has 2 aromatic rings. The highest BCUT2D eigenvalue weighted by atomic mass is 16.2. The summed E-state index contributed by atoms with van der Waals surface area (Å²) in [5.41, 5.74) is 3.70. The Morgan fingerprint density at radius 2 is 1.96 bits per heavy atom. The van der Waals surface area contributed by atoms with Crippen molar-refractivity contribution in [3.63, 3.8) is 0 Å². The van der Waals surface area contributed by atoms with E-state index in [0.29, 0.717) is 24.3 Å². The number of aromatic nitrogens is 1. The lowest BCUT2D eigenvalue weighted by Crippen LogP contribution is -2.42. The lowest BCUT2D eigenvalue weighted by molar-refractivity contribution is -0.137. The van der Waals surface area contributed by atoms with E-state index in [1.54, 1.807) is 0 Å². The predicted octanol–water partition coefficient (Wildman–Crippen LogP) is 3.76. The smallest absolute Gasteiger partial charge is 0.227 e. The van der Waals surface area contributed by atoms with Crippen molar-refractivity contribution in [3.05, 3.63) is 65.5 Å². The van der Waals surface area contributed by atoms with Gasteiger partial charge in [-0.2, -0.15) is 0 Å². The molecule has 0 saturated carbocycles. The van der Waals surface area contributed by atoms with Crippen LogP contribution in [0.15, 0.2) is 48.7 Å². The number of hydrogen-bond donors (Lipinski definition) is 0. The van der Waals surface area contributed by atoms with Crippen LogP contribution in [0.3, 0.4) is 0 Å². The molecule has 4 nitrogen and oxygen atoms in total. The third kappa shape index (κ3) is 4.27. The number of carbonyl (C=O) groups excluding carboxylic acids is 1. The molecule has 0 aliphatic carbocycles. The molecule has 148 valence electrons. The molecule has 2 aliphatic heterocycles. The number of pyridine rings is 1. The van der Waals surface area contributed by atoms with Crippen LogP contribution in [0, 0.1) is 17.8 Å². The Morgan fingerprint density at radius 1 is 1.14 bits per heavy atom. The zero-order valence-electron chi connectivity index (χ0n) is 17.1. The van der Waals surface area contributed by atoms with Crippen LogP contribution in [-0.4, -0.2) is 40.3 Å². The molecular weight excluding hydrogens is 346 g/mol. The normalized spacial score (nSPS) is 22.5. The van der Waals surface area contributed by atoms with Crippen molar-refractivity contribution in [2.24, 2.45) is 17.8 Å². The summed E-state index contributed by atoms with van der Waals surface area (Å²) in [6, 6.07) is 14.7. The molecule has 1 saturated heterocycles. The molecular formula is C24H31N3O. The Kier molecular flexibility index (Phi) is 5.77. The standard InChI is InChI=1S/C24H31N3O/c1-18(2)13-21-15-26(14-19-7-4-3-5-8-19)17-22(21)24(28)27-12-10-23-20(16-27)9-6-11-25-23/h3-9,11,18,21-22H,10,12-17H2,1-2H3/t21-,22-/m1/s1. The summed E-state index contributed by atoms with van der Waals surface area (Å²) < 4.78 is 0. The van der Waals surface area contributed by atoms with Gasteiger partial charge >= 0.3 is 0 Å². The fourth-order valence-electron chi connectivity index (χ4n) is 4.84. The molecule has 1 aromatic heterocycles. The monoisotopic (exact) mass is 377 g/mol. The van der Waals surface area contributed by atoms with Gasteiger partial charge in [-0.3, -0.25) is 14.7 Å². The highest BCUT2D eigenvalue weighted by molar-refractivity contribution is 5.80. The first-order valence-corrected chi connectivity index (χ1v) is 10.6. The van der Waals surface area contributed by atoms with Crippen LogP contribution in [0.25, 0.3) is 0 Å². The van der Waals surface area contributed by atoms with Crippen LogP contribution < -0.4 is 0 Å². The number of nitrogens with zero attached hydrogens (tertiary/aromatic N) is 3. The van der Waals surface area contributed by atoms with E-state index in [0.717, 1.165) is 44.7 Å². The van der Waals surface area contributed by atoms with E-state index in [2.05, 4.69) is 65.0 Å². The van der Waals surface area contributed by atoms with Crippen LogP contribution >= 0.6 is 0 Å². The second kappa shape index (κ2) is 8.44. The average molecular weight is 378 g/mol. The first-order chi connectivity index (χ1) is 13.6. The van der Waals surface area contributed by atoms with Gasteiger partial charge in [0.2, 0.25) is 5.91 Å². The number of amides is 1. The van der Waals surface area contributed by atoms with Crippen molar-refractivity contribution in [1.82, 2.24) is 14.8 Å². The Bertz CT molecular complexity index is 805. The molecule has 1 aromatic carbocycles. The number of carbonyl (C=O) groups is 1. The fraction of sp³-hybridized carbons (Fsp3) is 0.500. The van der Waals surface area contributed by atoms with E-state index in [-0.39, 0.29) is 5.92 Å². The third-order valence-corrected chi connectivity index (χ3v) is 6.13. The van der Waals surface area contributed by atoms with E-state index in [9.17, 15) is 4.79 Å². The van der Waals surface area contributed by atoms with Crippen molar-refractivity contribution in [3.8, 4) is 0 Å². The molecule has 4 rings (SSSR count). The van der Waals surface area contributed by atoms with Gasteiger partial charge in [-0.25, -0.2) is 0 Å². The summed E-state index contributed by atoms with van der Waals surface area (Å²) in [7, 11) is 0. The number of rotatable bonds is 5. The van der Waals surface area contributed by atoms with Gasteiger partial charge in [0.25, 0.3) is 0 Å². The first-order valence-electron chi connectivity index (χ1n) is 10.6. The molecule has 0 radical (unpaired) electrons. The molecule has 0 spiro atoms. The molecule has 0 bridgehead atoms. The zero-order valence-corrected chi connectivity index (χ0v) is 17.1. The number of likely N-dealkylation sites (tertiary alicyclic amines) is 1. The molecule has 0 N–H and O–H groups in total. The van der Waals surface area contributed by atoms with E-state index in [4.69, 9.17) is 0 Å². The molecule has 0 unspecified atom stereocenters. The van der Waals surface area contributed by atoms with Gasteiger partial charge in [0, 0.05) is 51.0 Å². The summed E-state index contributed by atoms with van der Waals surface area (Å²) in [5, 5.41) is 0. The molecule has 1 amide bonds. The summed E-state index contributed by atoms with van der Waals surface area (Å²) in [4.78, 5) is 22.5. The summed E-state index contributed by atoms with van der Waals surface area (Å²) >= 11 is 0. The summed E-state index contributed by atoms with van der Waals surface area (Å²) in [5.74, 6) is 1.52. The van der Waals surface area contributed by atoms with Gasteiger partial charge in [-0.05, 0) is 35.4 Å². The Labute approximate surface area is 168 Å². The summed E-state index contributed by atoms with van der Waals surface area (Å²) in [6.07, 6.45) is 3.85. The fourth-order valence-corrected chi connectivity index (χ4v) is 4.84. The van der Waals surface area contributed by atoms with Crippen LogP contribution in [-0.2, 0) is 24.3 Å². The maximum Gasteiger partial charge on any atom is 0.227 e. The lowest BCUT2D eigenvalue weighted by atomic mass is 9.87. The van der Waals surface area contributed by atoms with Crippen LogP contribution in [0.4, 0.5) is 0 Å². The van der Waals surface area contributed by atoms with Gasteiger partial charge in [0.1, 0.15) is 0 Å². The molecule has 2 atom stereocenters. The highest BCUT2D eigenvalue weighted by Gasteiger charge is 2.40. The van der Waals surface area contributed by atoms with E-state index < -0.39 is 0 Å². The predicted molar refractivity (Wildman–Crippen MR) is 112 cm³/mol. The molecule has 28 heavy (non-hydrogen) atoms. The SMILES string of the molecule is CC(C)C[C@@H]1CN(Cc2ccccc2)C[C@H]1C(=O)N1CCc2ncccc2C1. The van der Waals surface area contributed by atoms with E-state index >= 15 is 0 Å². The summed E-state index contributed by atoms with van der Waals surface area (Å²) in [6.45, 7) is 8.88. The Hall–Kier alpha value is -2.20. The molecule has 4 heteroatoms. The van der Waals surface area contributed by atoms with Gasteiger partial charge in [0.05, 0.1) is 5.92 Å².